The van der Waals surface area contributed by atoms with Crippen LogP contribution in [0.25, 0.3) is 6.08 Å². The van der Waals surface area contributed by atoms with Crippen LogP contribution in [-0.4, -0.2) is 29.9 Å². The number of benzene rings is 3. The molecule has 9 heteroatoms. The van der Waals surface area contributed by atoms with Gasteiger partial charge >= 0.3 is 0 Å². The van der Waals surface area contributed by atoms with Crippen LogP contribution in [0.5, 0.6) is 11.5 Å². The van der Waals surface area contributed by atoms with Crippen LogP contribution in [-0.2, 0) is 16.0 Å². The van der Waals surface area contributed by atoms with Gasteiger partial charge in [0.1, 0.15) is 0 Å². The Morgan fingerprint density at radius 3 is 2.47 bits per heavy atom. The number of carbonyl (C=O) groups is 2. The topological polar surface area (TPSA) is 67.9 Å². The summed E-state index contributed by atoms with van der Waals surface area (Å²) in [5, 5.41) is 3.39. The van der Waals surface area contributed by atoms with Crippen molar-refractivity contribution in [3.63, 3.8) is 0 Å². The Morgan fingerprint density at radius 1 is 1.08 bits per heavy atom. The SMILES string of the molecule is CCc1ccc(NC(=O)COc2ccc(/C=C3\SC(=S)N(c4ccc(Cl)cc4)C3=O)cc2OC)cc1. The second-order valence-corrected chi connectivity index (χ2v) is 9.90. The minimum atomic E-state index is -0.281. The number of nitrogens with one attached hydrogen (secondary N) is 1. The Labute approximate surface area is 224 Å². The molecule has 6 nitrogen and oxygen atoms in total. The highest BCUT2D eigenvalue weighted by Crippen LogP contribution is 2.37. The first kappa shape index (κ1) is 25.8. The summed E-state index contributed by atoms with van der Waals surface area (Å²) in [7, 11) is 1.52. The first-order valence-electron chi connectivity index (χ1n) is 11.1. The number of aryl methyl sites for hydroxylation is 1. The molecule has 1 fully saturated rings. The number of halogens is 1. The fourth-order valence-corrected chi connectivity index (χ4v) is 4.91. The molecule has 0 spiro atoms. The molecule has 1 heterocycles. The normalized spacial score (nSPS) is 14.3. The number of rotatable bonds is 8. The van der Waals surface area contributed by atoms with E-state index in [4.69, 9.17) is 33.3 Å². The van der Waals surface area contributed by atoms with Crippen LogP contribution < -0.4 is 19.7 Å². The molecule has 0 radical (unpaired) electrons. The van der Waals surface area contributed by atoms with Crippen LogP contribution in [0.4, 0.5) is 11.4 Å². The van der Waals surface area contributed by atoms with Gasteiger partial charge in [-0.1, -0.05) is 60.7 Å². The first-order valence-corrected chi connectivity index (χ1v) is 12.7. The Kier molecular flexibility index (Phi) is 8.30. The summed E-state index contributed by atoms with van der Waals surface area (Å²) in [6.45, 7) is 1.90. The van der Waals surface area contributed by atoms with Crippen LogP contribution >= 0.6 is 35.6 Å². The molecule has 184 valence electrons. The van der Waals surface area contributed by atoms with Crippen molar-refractivity contribution in [3.8, 4) is 11.5 Å². The van der Waals surface area contributed by atoms with E-state index in [1.165, 1.54) is 29.3 Å². The van der Waals surface area contributed by atoms with Gasteiger partial charge in [0, 0.05) is 10.7 Å². The molecule has 2 amide bonds. The number of nitrogens with zero attached hydrogens (tertiary/aromatic N) is 1. The summed E-state index contributed by atoms with van der Waals surface area (Å²) in [4.78, 5) is 27.3. The van der Waals surface area contributed by atoms with Crippen molar-refractivity contribution >= 4 is 69.2 Å². The summed E-state index contributed by atoms with van der Waals surface area (Å²) in [6, 6.07) is 19.8. The predicted molar refractivity (Wildman–Crippen MR) is 150 cm³/mol. The number of hydrogen-bond donors (Lipinski definition) is 1. The van der Waals surface area contributed by atoms with Crippen molar-refractivity contribution in [1.82, 2.24) is 0 Å². The summed E-state index contributed by atoms with van der Waals surface area (Å²) < 4.78 is 11.6. The van der Waals surface area contributed by atoms with Crippen molar-refractivity contribution in [2.45, 2.75) is 13.3 Å². The van der Waals surface area contributed by atoms with Crippen molar-refractivity contribution in [1.29, 1.82) is 0 Å². The Hall–Kier alpha value is -3.33. The van der Waals surface area contributed by atoms with Crippen molar-refractivity contribution < 1.29 is 19.1 Å². The third-order valence-corrected chi connectivity index (χ3v) is 6.92. The lowest BCUT2D eigenvalue weighted by Crippen LogP contribution is -2.27. The zero-order valence-corrected chi connectivity index (χ0v) is 22.0. The molecule has 0 bridgehead atoms. The van der Waals surface area contributed by atoms with E-state index in [1.807, 2.05) is 24.3 Å². The van der Waals surface area contributed by atoms with E-state index in [-0.39, 0.29) is 18.4 Å². The number of methoxy groups -OCH3 is 1. The van der Waals surface area contributed by atoms with Gasteiger partial charge in [-0.2, -0.15) is 0 Å². The lowest BCUT2D eigenvalue weighted by atomic mass is 10.1. The molecule has 1 aliphatic heterocycles. The van der Waals surface area contributed by atoms with Crippen LogP contribution in [0, 0.1) is 0 Å². The third kappa shape index (κ3) is 6.07. The Balaban J connectivity index is 1.43. The minimum Gasteiger partial charge on any atom is -0.493 e. The molecule has 1 saturated heterocycles. The average Bonchev–Trinajstić information content (AvgIpc) is 3.16. The number of thiocarbonyl (C=S) groups is 1. The van der Waals surface area contributed by atoms with Gasteiger partial charge in [0.2, 0.25) is 0 Å². The smallest absolute Gasteiger partial charge is 0.270 e. The van der Waals surface area contributed by atoms with E-state index in [0.29, 0.717) is 37.1 Å². The first-order chi connectivity index (χ1) is 17.4. The van der Waals surface area contributed by atoms with E-state index in [0.717, 1.165) is 12.0 Å². The van der Waals surface area contributed by atoms with E-state index in [9.17, 15) is 9.59 Å². The lowest BCUT2D eigenvalue weighted by Gasteiger charge is -2.14. The second kappa shape index (κ2) is 11.6. The molecule has 0 aromatic heterocycles. The largest absolute Gasteiger partial charge is 0.493 e. The van der Waals surface area contributed by atoms with Crippen LogP contribution in [0.15, 0.2) is 71.6 Å². The summed E-state index contributed by atoms with van der Waals surface area (Å²) in [6.07, 6.45) is 2.68. The quantitative estimate of drug-likeness (QED) is 0.267. The van der Waals surface area contributed by atoms with Gasteiger partial charge in [-0.15, -0.1) is 0 Å². The summed E-state index contributed by atoms with van der Waals surface area (Å²) in [5.74, 6) is 0.364. The predicted octanol–water partition coefficient (Wildman–Crippen LogP) is 6.33. The van der Waals surface area contributed by atoms with Gasteiger partial charge in [-0.05, 0) is 72.2 Å². The maximum atomic E-state index is 13.0. The maximum absolute atomic E-state index is 13.0. The Morgan fingerprint density at radius 2 is 1.81 bits per heavy atom. The van der Waals surface area contributed by atoms with Crippen molar-refractivity contribution in [2.75, 3.05) is 23.9 Å². The zero-order chi connectivity index (χ0) is 25.7. The van der Waals surface area contributed by atoms with Crippen molar-refractivity contribution in [2.24, 2.45) is 0 Å². The van der Waals surface area contributed by atoms with Gasteiger partial charge in [-0.25, -0.2) is 0 Å². The fourth-order valence-electron chi connectivity index (χ4n) is 3.49. The number of amides is 2. The molecule has 1 N–H and O–H groups in total. The highest BCUT2D eigenvalue weighted by atomic mass is 35.5. The standard InChI is InChI=1S/C27H23ClN2O4S2/c1-3-17-4-9-20(10-5-17)29-25(31)16-34-22-13-6-18(14-23(22)33-2)15-24-26(32)30(27(35)36-24)21-11-7-19(28)8-12-21/h4-15H,3,16H2,1-2H3,(H,29,31)/b24-15-. The van der Waals surface area contributed by atoms with E-state index in [1.54, 1.807) is 48.5 Å². The maximum Gasteiger partial charge on any atom is 0.270 e. The molecule has 4 rings (SSSR count). The van der Waals surface area contributed by atoms with E-state index < -0.39 is 0 Å². The lowest BCUT2D eigenvalue weighted by molar-refractivity contribution is -0.118. The fraction of sp³-hybridized carbons (Fsp3) is 0.148. The highest BCUT2D eigenvalue weighted by Gasteiger charge is 2.33. The molecule has 0 saturated carbocycles. The van der Waals surface area contributed by atoms with Gasteiger partial charge in [-0.3, -0.25) is 14.5 Å². The van der Waals surface area contributed by atoms with E-state index >= 15 is 0 Å². The van der Waals surface area contributed by atoms with E-state index in [2.05, 4.69) is 12.2 Å². The highest BCUT2D eigenvalue weighted by molar-refractivity contribution is 8.27. The zero-order valence-electron chi connectivity index (χ0n) is 19.6. The number of anilines is 2. The number of thioether (sulfide) groups is 1. The Bertz CT molecular complexity index is 1320. The molecule has 36 heavy (non-hydrogen) atoms. The third-order valence-electron chi connectivity index (χ3n) is 5.37. The van der Waals surface area contributed by atoms with Gasteiger partial charge < -0.3 is 14.8 Å². The summed E-state index contributed by atoms with van der Waals surface area (Å²) in [5.41, 5.74) is 3.29. The molecule has 0 atom stereocenters. The minimum absolute atomic E-state index is 0.176. The summed E-state index contributed by atoms with van der Waals surface area (Å²) >= 11 is 12.6. The molecule has 3 aromatic carbocycles. The number of ether oxygens (including phenoxy) is 2. The van der Waals surface area contributed by atoms with Crippen LogP contribution in [0.2, 0.25) is 5.02 Å². The van der Waals surface area contributed by atoms with Gasteiger partial charge in [0.25, 0.3) is 11.8 Å². The molecule has 0 unspecified atom stereocenters. The van der Waals surface area contributed by atoms with Crippen LogP contribution in [0.1, 0.15) is 18.1 Å². The molecule has 3 aromatic rings. The second-order valence-electron chi connectivity index (χ2n) is 7.79. The number of carbonyl (C=O) groups excluding carboxylic acids is 2. The van der Waals surface area contributed by atoms with Crippen LogP contribution in [0.3, 0.4) is 0 Å². The van der Waals surface area contributed by atoms with Gasteiger partial charge in [0.05, 0.1) is 17.7 Å². The van der Waals surface area contributed by atoms with Gasteiger partial charge in [0.15, 0.2) is 22.4 Å². The van der Waals surface area contributed by atoms with Crippen molar-refractivity contribution in [3.05, 3.63) is 87.8 Å². The monoisotopic (exact) mass is 538 g/mol. The number of hydrogen-bond acceptors (Lipinski definition) is 6. The molecular formula is C27H23ClN2O4S2. The molecule has 1 aliphatic rings. The molecule has 0 aliphatic carbocycles. The average molecular weight is 539 g/mol. The molecular weight excluding hydrogens is 516 g/mol.